The fourth-order valence-corrected chi connectivity index (χ4v) is 11.9. The van der Waals surface area contributed by atoms with Crippen molar-refractivity contribution in [3.05, 3.63) is 40.9 Å². The Bertz CT molecular complexity index is 1360. The smallest absolute Gasteiger partial charge is 0.231 e. The molecule has 1 amide bonds. The lowest BCUT2D eigenvalue weighted by atomic mass is 9.33. The lowest BCUT2D eigenvalue weighted by Crippen LogP contribution is -2.70. The van der Waals surface area contributed by atoms with Crippen LogP contribution in [0.1, 0.15) is 86.5 Å². The summed E-state index contributed by atoms with van der Waals surface area (Å²) in [6.45, 7) is 12.9. The summed E-state index contributed by atoms with van der Waals surface area (Å²) < 4.78 is 0. The molecule has 43 heavy (non-hydrogen) atoms. The van der Waals surface area contributed by atoms with Gasteiger partial charge in [0.2, 0.25) is 5.91 Å². The van der Waals surface area contributed by atoms with Crippen LogP contribution in [-0.2, 0) is 9.59 Å². The molecule has 0 spiro atoms. The van der Waals surface area contributed by atoms with Gasteiger partial charge in [-0.25, -0.2) is 0 Å². The van der Waals surface area contributed by atoms with Crippen molar-refractivity contribution in [3.63, 3.8) is 0 Å². The lowest BCUT2D eigenvalue weighted by molar-refractivity contribution is -0.238. The molecule has 0 unspecified atom stereocenters. The molecule has 4 N–H and O–H groups in total. The largest absolute Gasteiger partial charge is 0.396 e. The third-order valence-electron chi connectivity index (χ3n) is 14.4. The first-order chi connectivity index (χ1) is 20.1. The number of benzene rings is 1. The van der Waals surface area contributed by atoms with Gasteiger partial charge in [0.25, 0.3) is 0 Å². The fraction of sp³-hybridized carbons (Fsp3) is 0.722. The van der Waals surface area contributed by atoms with Crippen LogP contribution in [0, 0.1) is 56.7 Å². The van der Waals surface area contributed by atoms with Crippen LogP contribution >= 0.6 is 11.6 Å². The molecule has 5 aliphatic rings. The van der Waals surface area contributed by atoms with Crippen molar-refractivity contribution in [2.24, 2.45) is 56.7 Å². The number of hydrogen-bond acceptors (Lipinski definition) is 5. The monoisotopic (exact) mass is 611 g/mol. The molecule has 0 aliphatic heterocycles. The zero-order chi connectivity index (χ0) is 31.3. The molecule has 6 nitrogen and oxygen atoms in total. The maximum absolute atomic E-state index is 14.6. The number of amides is 1. The van der Waals surface area contributed by atoms with E-state index in [9.17, 15) is 24.9 Å². The predicted octanol–water partition coefficient (Wildman–Crippen LogP) is 6.42. The fourth-order valence-electron chi connectivity index (χ4n) is 11.7. The zero-order valence-corrected chi connectivity index (χ0v) is 27.4. The number of halogens is 1. The minimum atomic E-state index is -1.03. The number of carbonyl (C=O) groups is 2. The number of anilines is 1. The van der Waals surface area contributed by atoms with E-state index in [0.29, 0.717) is 23.0 Å². The highest BCUT2D eigenvalue weighted by atomic mass is 35.5. The Labute approximate surface area is 261 Å². The van der Waals surface area contributed by atoms with Crippen molar-refractivity contribution in [1.82, 2.24) is 0 Å². The Morgan fingerprint density at radius 3 is 2.44 bits per heavy atom. The number of aliphatic hydroxyl groups is 3. The molecular formula is C36H50ClNO5. The van der Waals surface area contributed by atoms with E-state index < -0.39 is 28.5 Å². The summed E-state index contributed by atoms with van der Waals surface area (Å²) >= 11 is 6.26. The van der Waals surface area contributed by atoms with Gasteiger partial charge in [-0.1, -0.05) is 64.8 Å². The third kappa shape index (κ3) is 4.08. The van der Waals surface area contributed by atoms with Crippen LogP contribution in [0.5, 0.6) is 0 Å². The van der Waals surface area contributed by atoms with Crippen LogP contribution in [-0.4, -0.2) is 45.8 Å². The van der Waals surface area contributed by atoms with E-state index in [-0.39, 0.29) is 52.8 Å². The van der Waals surface area contributed by atoms with E-state index in [4.69, 9.17) is 11.6 Å². The Hall–Kier alpha value is -1.73. The number of hydrogen-bond donors (Lipinski definition) is 4. The van der Waals surface area contributed by atoms with Crippen LogP contribution in [0.3, 0.4) is 0 Å². The summed E-state index contributed by atoms with van der Waals surface area (Å²) in [5, 5.41) is 36.5. The highest BCUT2D eigenvalue weighted by Crippen LogP contribution is 2.75. The van der Waals surface area contributed by atoms with E-state index in [2.05, 4.69) is 39.9 Å². The second kappa shape index (κ2) is 10.1. The van der Waals surface area contributed by atoms with Crippen LogP contribution in [0.2, 0.25) is 5.02 Å². The van der Waals surface area contributed by atoms with Crippen molar-refractivity contribution in [2.45, 2.75) is 98.7 Å². The van der Waals surface area contributed by atoms with Crippen molar-refractivity contribution in [2.75, 3.05) is 11.9 Å². The number of ketones is 1. The summed E-state index contributed by atoms with van der Waals surface area (Å²) in [6.07, 6.45) is 5.12. The van der Waals surface area contributed by atoms with E-state index in [1.165, 1.54) is 0 Å². The highest BCUT2D eigenvalue weighted by molar-refractivity contribution is 6.30. The van der Waals surface area contributed by atoms with E-state index in [1.807, 2.05) is 25.1 Å². The molecule has 0 saturated heterocycles. The van der Waals surface area contributed by atoms with Crippen molar-refractivity contribution < 1.29 is 24.9 Å². The van der Waals surface area contributed by atoms with Crippen molar-refractivity contribution in [3.8, 4) is 0 Å². The Morgan fingerprint density at radius 2 is 1.77 bits per heavy atom. The van der Waals surface area contributed by atoms with Gasteiger partial charge < -0.3 is 20.6 Å². The SMILES string of the molecule is C[C@H]1[C@H](C)CC[C@]2(C(=O)Nc3cccc(Cl)c3)CC[C@]3(C)C(=CC(=O)[C@@H]4[C@@]5(C)C[C@@H](O)[C@H](O)[C@@](C)(CO)[C@@H]5CC[C@]43C)[C@H]12. The normalized spacial score (nSPS) is 49.1. The number of carbonyl (C=O) groups excluding carboxylic acids is 2. The van der Waals surface area contributed by atoms with E-state index >= 15 is 0 Å². The second-order valence-corrected chi connectivity index (χ2v) is 16.6. The first kappa shape index (κ1) is 31.3. The third-order valence-corrected chi connectivity index (χ3v) is 14.6. The minimum Gasteiger partial charge on any atom is -0.396 e. The Balaban J connectivity index is 1.46. The second-order valence-electron chi connectivity index (χ2n) is 16.1. The molecule has 5 aliphatic carbocycles. The Morgan fingerprint density at radius 1 is 1.05 bits per heavy atom. The standard InChI is InChI=1S/C36H50ClNO5/c1-20-10-13-36(31(43)38-23-9-7-8-22(37)16-23)15-14-34(5)24(28(36)21(20)2)17-25(40)29-32(3)18-26(41)30(42)33(4,19-39)27(32)11-12-35(29,34)6/h7-9,16-17,20-21,26-30,39,41-42H,10-15,18-19H2,1-6H3,(H,38,43)/t20-,21+,26-,27-,28+,29-,30+,32+,33+,34-,35-,36+/m1/s1. The first-order valence-corrected chi connectivity index (χ1v) is 16.8. The van der Waals surface area contributed by atoms with Crippen LogP contribution in [0.15, 0.2) is 35.9 Å². The van der Waals surface area contributed by atoms with Gasteiger partial charge in [-0.15, -0.1) is 0 Å². The maximum Gasteiger partial charge on any atom is 0.231 e. The average Bonchev–Trinajstić information content (AvgIpc) is 2.94. The molecule has 1 aromatic carbocycles. The molecule has 12 atom stereocenters. The predicted molar refractivity (Wildman–Crippen MR) is 168 cm³/mol. The first-order valence-electron chi connectivity index (χ1n) is 16.4. The van der Waals surface area contributed by atoms with Crippen LogP contribution < -0.4 is 5.32 Å². The van der Waals surface area contributed by atoms with Gasteiger partial charge in [-0.2, -0.15) is 0 Å². The molecule has 1 aromatic rings. The van der Waals surface area contributed by atoms with Crippen molar-refractivity contribution >= 4 is 29.0 Å². The highest BCUT2D eigenvalue weighted by Gasteiger charge is 2.72. The van der Waals surface area contributed by atoms with Gasteiger partial charge in [-0.05, 0) is 109 Å². The van der Waals surface area contributed by atoms with E-state index in [1.54, 1.807) is 12.1 Å². The number of aliphatic hydroxyl groups excluding tert-OH is 3. The molecule has 7 heteroatoms. The maximum atomic E-state index is 14.6. The minimum absolute atomic E-state index is 0.0277. The van der Waals surface area contributed by atoms with Crippen LogP contribution in [0.4, 0.5) is 5.69 Å². The molecule has 0 bridgehead atoms. The topological polar surface area (TPSA) is 107 Å². The summed E-state index contributed by atoms with van der Waals surface area (Å²) in [5.41, 5.74) is -0.903. The van der Waals surface area contributed by atoms with Gasteiger partial charge in [0.05, 0.1) is 24.2 Å². The molecule has 0 heterocycles. The van der Waals surface area contributed by atoms with Gasteiger partial charge in [0, 0.05) is 22.0 Å². The Kier molecular flexibility index (Phi) is 7.37. The molecule has 6 rings (SSSR count). The average molecular weight is 612 g/mol. The number of allylic oxidation sites excluding steroid dienone is 2. The summed E-state index contributed by atoms with van der Waals surface area (Å²) in [4.78, 5) is 29.0. The number of nitrogens with one attached hydrogen (secondary N) is 1. The van der Waals surface area contributed by atoms with Crippen molar-refractivity contribution in [1.29, 1.82) is 0 Å². The van der Waals surface area contributed by atoms with Gasteiger partial charge in [0.1, 0.15) is 0 Å². The quantitative estimate of drug-likeness (QED) is 0.316. The summed E-state index contributed by atoms with van der Waals surface area (Å²) in [6, 6.07) is 7.31. The van der Waals surface area contributed by atoms with Gasteiger partial charge in [-0.3, -0.25) is 9.59 Å². The molecule has 4 fully saturated rings. The molecule has 4 saturated carbocycles. The number of fused-ring (bicyclic) bond motifs is 7. The molecule has 236 valence electrons. The van der Waals surface area contributed by atoms with E-state index in [0.717, 1.165) is 44.1 Å². The zero-order valence-electron chi connectivity index (χ0n) is 26.6. The van der Waals surface area contributed by atoms with Gasteiger partial charge in [0.15, 0.2) is 5.78 Å². The van der Waals surface area contributed by atoms with Gasteiger partial charge >= 0.3 is 0 Å². The van der Waals surface area contributed by atoms with Crippen LogP contribution in [0.25, 0.3) is 0 Å². The number of rotatable bonds is 3. The molecular weight excluding hydrogens is 562 g/mol. The summed E-state index contributed by atoms with van der Waals surface area (Å²) in [7, 11) is 0. The molecule has 0 radical (unpaired) electrons. The summed E-state index contributed by atoms with van der Waals surface area (Å²) in [5.74, 6) is 0.280. The lowest BCUT2D eigenvalue weighted by Gasteiger charge is -2.71. The molecule has 0 aromatic heterocycles.